The van der Waals surface area contributed by atoms with Crippen LogP contribution in [0.15, 0.2) is 24.3 Å². The van der Waals surface area contributed by atoms with Gasteiger partial charge in [-0.05, 0) is 90.8 Å². The summed E-state index contributed by atoms with van der Waals surface area (Å²) in [5.74, 6) is -0.957. The highest BCUT2D eigenvalue weighted by Crippen LogP contribution is 2.13. The third kappa shape index (κ3) is 39.4. The minimum absolute atomic E-state index is 0.0921. The van der Waals surface area contributed by atoms with Crippen molar-refractivity contribution in [3.05, 3.63) is 24.3 Å². The van der Waals surface area contributed by atoms with Crippen molar-refractivity contribution in [3.63, 3.8) is 0 Å². The molecule has 0 radical (unpaired) electrons. The minimum atomic E-state index is -0.789. The largest absolute Gasteiger partial charge is 0.462 e. The molecule has 0 saturated heterocycles. The molecule has 0 spiro atoms. The van der Waals surface area contributed by atoms with Crippen LogP contribution in [0.1, 0.15) is 213 Å². The van der Waals surface area contributed by atoms with Gasteiger partial charge in [0.1, 0.15) is 13.2 Å². The van der Waals surface area contributed by atoms with Crippen LogP contribution in [0.5, 0.6) is 0 Å². The minimum Gasteiger partial charge on any atom is -0.462 e. The van der Waals surface area contributed by atoms with Crippen molar-refractivity contribution < 1.29 is 28.6 Å². The van der Waals surface area contributed by atoms with Gasteiger partial charge < -0.3 is 19.1 Å². The Labute approximate surface area is 327 Å². The van der Waals surface area contributed by atoms with E-state index < -0.39 is 6.10 Å². The second-order valence-electron chi connectivity index (χ2n) is 15.1. The normalized spacial score (nSPS) is 11.7. The Bertz CT molecular complexity index is 831. The molecule has 0 aliphatic carbocycles. The summed E-state index contributed by atoms with van der Waals surface area (Å²) in [6.07, 6.45) is 41.5. The highest BCUT2D eigenvalue weighted by Gasteiger charge is 2.19. The van der Waals surface area contributed by atoms with Crippen LogP contribution in [0.3, 0.4) is 0 Å². The van der Waals surface area contributed by atoms with Gasteiger partial charge in [-0.15, -0.1) is 0 Å². The first-order chi connectivity index (χ1) is 25.9. The van der Waals surface area contributed by atoms with E-state index in [4.69, 9.17) is 14.2 Å². The predicted molar refractivity (Wildman–Crippen MR) is 223 cm³/mol. The van der Waals surface area contributed by atoms with Crippen LogP contribution < -0.4 is 0 Å². The maximum Gasteiger partial charge on any atom is 0.306 e. The maximum atomic E-state index is 12.5. The SMILES string of the molecule is CCCCCCCC/C=C\CCCCCCCC(=O)OCC(COC(=O)CCCCCCC/C=C\CCCCCCCC)OC(=O)CCCN(C)CC. The van der Waals surface area contributed by atoms with Crippen LogP contribution in [0.25, 0.3) is 0 Å². The number of hydrogen-bond acceptors (Lipinski definition) is 7. The van der Waals surface area contributed by atoms with Gasteiger partial charge in [-0.25, -0.2) is 0 Å². The number of esters is 3. The number of ether oxygens (including phenoxy) is 3. The third-order valence-electron chi connectivity index (χ3n) is 9.90. The lowest BCUT2D eigenvalue weighted by atomic mass is 10.1. The van der Waals surface area contributed by atoms with Gasteiger partial charge in [0, 0.05) is 19.3 Å². The monoisotopic (exact) mass is 748 g/mol. The van der Waals surface area contributed by atoms with Gasteiger partial charge >= 0.3 is 17.9 Å². The second-order valence-corrected chi connectivity index (χ2v) is 15.1. The summed E-state index contributed by atoms with van der Waals surface area (Å²) < 4.78 is 16.6. The van der Waals surface area contributed by atoms with Gasteiger partial charge in [-0.1, -0.05) is 148 Å². The van der Waals surface area contributed by atoms with Crippen molar-refractivity contribution in [2.24, 2.45) is 0 Å². The first-order valence-electron chi connectivity index (χ1n) is 22.4. The van der Waals surface area contributed by atoms with Gasteiger partial charge in [0.05, 0.1) is 0 Å². The molecule has 310 valence electrons. The number of unbranched alkanes of at least 4 members (excludes halogenated alkanes) is 22. The molecule has 0 rings (SSSR count). The summed E-state index contributed by atoms with van der Waals surface area (Å²) in [5.41, 5.74) is 0. The van der Waals surface area contributed by atoms with E-state index in [1.54, 1.807) is 0 Å². The van der Waals surface area contributed by atoms with Crippen LogP contribution in [0, 0.1) is 0 Å². The Morgan fingerprint density at radius 3 is 1.17 bits per heavy atom. The van der Waals surface area contributed by atoms with Gasteiger partial charge in [0.25, 0.3) is 0 Å². The first-order valence-corrected chi connectivity index (χ1v) is 22.4. The van der Waals surface area contributed by atoms with Crippen molar-refractivity contribution in [1.29, 1.82) is 0 Å². The molecular formula is C46H85NO6. The highest BCUT2D eigenvalue weighted by molar-refractivity contribution is 5.71. The summed E-state index contributed by atoms with van der Waals surface area (Å²) in [5, 5.41) is 0. The number of allylic oxidation sites excluding steroid dienone is 4. The Balaban J connectivity index is 4.21. The standard InChI is InChI=1S/C46H85NO6/c1-5-8-10-12-14-16-18-20-22-24-26-28-30-32-34-37-44(48)51-41-43(53-46(50)39-36-40-47(4)7-3)42-52-45(49)38-35-33-31-29-27-25-23-21-19-17-15-13-11-9-6-2/h20-23,43H,5-19,24-42H2,1-4H3/b22-20-,23-21-. The first kappa shape index (κ1) is 50.9. The van der Waals surface area contributed by atoms with Gasteiger partial charge in [-0.3, -0.25) is 14.4 Å². The molecule has 0 amide bonds. The molecule has 0 fully saturated rings. The predicted octanol–water partition coefficient (Wildman–Crippen LogP) is 12.8. The van der Waals surface area contributed by atoms with E-state index in [0.717, 1.165) is 64.5 Å². The third-order valence-corrected chi connectivity index (χ3v) is 9.90. The molecule has 53 heavy (non-hydrogen) atoms. The van der Waals surface area contributed by atoms with E-state index in [1.807, 2.05) is 7.05 Å². The average Bonchev–Trinajstić information content (AvgIpc) is 3.15. The zero-order chi connectivity index (χ0) is 38.9. The van der Waals surface area contributed by atoms with Crippen LogP contribution in [-0.2, 0) is 28.6 Å². The fourth-order valence-corrected chi connectivity index (χ4v) is 6.21. The number of carbonyl (C=O) groups excluding carboxylic acids is 3. The molecule has 0 heterocycles. The van der Waals surface area contributed by atoms with Crippen LogP contribution in [-0.4, -0.2) is 62.3 Å². The molecule has 0 bridgehead atoms. The van der Waals surface area contributed by atoms with Gasteiger partial charge in [-0.2, -0.15) is 0 Å². The molecule has 0 N–H and O–H groups in total. The Morgan fingerprint density at radius 1 is 0.453 bits per heavy atom. The molecule has 7 nitrogen and oxygen atoms in total. The smallest absolute Gasteiger partial charge is 0.306 e. The highest BCUT2D eigenvalue weighted by atomic mass is 16.6. The molecule has 7 heteroatoms. The van der Waals surface area contributed by atoms with E-state index >= 15 is 0 Å². The van der Waals surface area contributed by atoms with E-state index in [9.17, 15) is 14.4 Å². The summed E-state index contributed by atoms with van der Waals surface area (Å²) in [4.78, 5) is 39.6. The fourth-order valence-electron chi connectivity index (χ4n) is 6.21. The molecule has 0 unspecified atom stereocenters. The maximum absolute atomic E-state index is 12.5. The Kier molecular flexibility index (Phi) is 39.4. The molecule has 0 atom stereocenters. The molecule has 0 aromatic heterocycles. The Morgan fingerprint density at radius 2 is 0.792 bits per heavy atom. The summed E-state index contributed by atoms with van der Waals surface area (Å²) >= 11 is 0. The molecule has 0 saturated carbocycles. The van der Waals surface area contributed by atoms with Crippen LogP contribution >= 0.6 is 0 Å². The molecule has 0 aliphatic heterocycles. The number of hydrogen-bond donors (Lipinski definition) is 0. The van der Waals surface area contributed by atoms with Crippen molar-refractivity contribution in [2.75, 3.05) is 33.4 Å². The van der Waals surface area contributed by atoms with E-state index in [2.05, 4.69) is 50.0 Å². The van der Waals surface area contributed by atoms with Gasteiger partial charge in [0.2, 0.25) is 0 Å². The van der Waals surface area contributed by atoms with E-state index in [1.165, 1.54) is 116 Å². The van der Waals surface area contributed by atoms with Crippen molar-refractivity contribution in [3.8, 4) is 0 Å². The molecular weight excluding hydrogens is 663 g/mol. The number of carbonyl (C=O) groups is 3. The van der Waals surface area contributed by atoms with E-state index in [0.29, 0.717) is 19.3 Å². The quantitative estimate of drug-likeness (QED) is 0.0267. The average molecular weight is 748 g/mol. The molecule has 0 aliphatic rings. The lowest BCUT2D eigenvalue weighted by Crippen LogP contribution is -2.31. The van der Waals surface area contributed by atoms with Crippen LogP contribution in [0.2, 0.25) is 0 Å². The summed E-state index contributed by atoms with van der Waals surface area (Å²) in [7, 11) is 2.01. The molecule has 0 aromatic rings. The lowest BCUT2D eigenvalue weighted by Gasteiger charge is -2.19. The summed E-state index contributed by atoms with van der Waals surface area (Å²) in [6, 6.07) is 0. The van der Waals surface area contributed by atoms with Gasteiger partial charge in [0.15, 0.2) is 6.10 Å². The lowest BCUT2D eigenvalue weighted by molar-refractivity contribution is -0.167. The van der Waals surface area contributed by atoms with Crippen LogP contribution in [0.4, 0.5) is 0 Å². The van der Waals surface area contributed by atoms with Crippen molar-refractivity contribution >= 4 is 17.9 Å². The van der Waals surface area contributed by atoms with Crippen molar-refractivity contribution in [2.45, 2.75) is 219 Å². The zero-order valence-electron chi connectivity index (χ0n) is 35.3. The zero-order valence-corrected chi connectivity index (χ0v) is 35.3. The summed E-state index contributed by atoms with van der Waals surface area (Å²) in [6.45, 7) is 8.12. The second kappa shape index (κ2) is 41.0. The number of nitrogens with zero attached hydrogens (tertiary/aromatic N) is 1. The molecule has 0 aromatic carbocycles. The fraction of sp³-hybridized carbons (Fsp3) is 0.848. The topological polar surface area (TPSA) is 82.1 Å². The number of rotatable bonds is 40. The van der Waals surface area contributed by atoms with E-state index in [-0.39, 0.29) is 37.5 Å². The van der Waals surface area contributed by atoms with Crippen molar-refractivity contribution in [1.82, 2.24) is 4.90 Å². The Hall–Kier alpha value is -2.15.